The van der Waals surface area contributed by atoms with Crippen molar-refractivity contribution in [1.29, 1.82) is 0 Å². The van der Waals surface area contributed by atoms with Crippen molar-refractivity contribution in [2.75, 3.05) is 26.3 Å². The van der Waals surface area contributed by atoms with Gasteiger partial charge in [0.15, 0.2) is 0 Å². The lowest BCUT2D eigenvalue weighted by Crippen LogP contribution is -2.48. The van der Waals surface area contributed by atoms with Crippen molar-refractivity contribution in [1.82, 2.24) is 4.31 Å². The van der Waals surface area contributed by atoms with Crippen LogP contribution in [0.25, 0.3) is 0 Å². The summed E-state index contributed by atoms with van der Waals surface area (Å²) >= 11 is 3.60. The maximum Gasteiger partial charge on any atom is 0.217 e. The Balaban J connectivity index is 2.04. The number of ether oxygens (including phenoxy) is 1. The summed E-state index contributed by atoms with van der Waals surface area (Å²) in [7, 11) is -3.11. The molecule has 0 saturated carbocycles. The van der Waals surface area contributed by atoms with E-state index in [1.165, 1.54) is 0 Å². The van der Waals surface area contributed by atoms with Gasteiger partial charge < -0.3 is 4.74 Å². The lowest BCUT2D eigenvalue weighted by atomic mass is 10.0. The monoisotopic (exact) mass is 325 g/mol. The highest BCUT2D eigenvalue weighted by atomic mass is 79.9. The zero-order valence-corrected chi connectivity index (χ0v) is 12.5. The van der Waals surface area contributed by atoms with Crippen molar-refractivity contribution in [2.24, 2.45) is 5.92 Å². The van der Waals surface area contributed by atoms with Gasteiger partial charge in [0.1, 0.15) is 0 Å². The molecule has 2 aliphatic heterocycles. The maximum atomic E-state index is 12.4. The minimum absolute atomic E-state index is 0.227. The van der Waals surface area contributed by atoms with E-state index < -0.39 is 10.0 Å². The second-order valence-electron chi connectivity index (χ2n) is 5.00. The van der Waals surface area contributed by atoms with Gasteiger partial charge in [0, 0.05) is 31.1 Å². The van der Waals surface area contributed by atoms with Gasteiger partial charge in [0.2, 0.25) is 10.0 Å². The molecule has 100 valence electrons. The first-order chi connectivity index (χ1) is 8.01. The average Bonchev–Trinajstić information content (AvgIpc) is 2.33. The van der Waals surface area contributed by atoms with Crippen molar-refractivity contribution in [3.63, 3.8) is 0 Å². The van der Waals surface area contributed by atoms with Crippen LogP contribution in [-0.4, -0.2) is 49.1 Å². The molecule has 2 aliphatic rings. The Morgan fingerprint density at radius 2 is 1.88 bits per heavy atom. The molecule has 0 bridgehead atoms. The number of piperidine rings is 1. The van der Waals surface area contributed by atoms with Gasteiger partial charge in [-0.15, -0.1) is 0 Å². The summed E-state index contributed by atoms with van der Waals surface area (Å²) in [4.78, 5) is 0.448. The second-order valence-corrected chi connectivity index (χ2v) is 8.39. The molecule has 0 aromatic heterocycles. The molecule has 0 N–H and O–H groups in total. The third-order valence-electron chi connectivity index (χ3n) is 3.71. The molecule has 2 fully saturated rings. The third kappa shape index (κ3) is 3.03. The van der Waals surface area contributed by atoms with Crippen LogP contribution in [0.15, 0.2) is 0 Å². The molecular formula is C11H20BrNO3S. The van der Waals surface area contributed by atoms with Crippen LogP contribution in [0, 0.1) is 5.92 Å². The van der Waals surface area contributed by atoms with E-state index in [9.17, 15) is 8.42 Å². The van der Waals surface area contributed by atoms with Crippen LogP contribution in [0.3, 0.4) is 0 Å². The standard InChI is InChI=1S/C11H20BrNO3S/c1-9-8-13(5-2-11(9)12)17(14,15)10-3-6-16-7-4-10/h9-11H,2-8H2,1H3. The summed E-state index contributed by atoms with van der Waals surface area (Å²) in [5.74, 6) is 0.387. The Kier molecular flexibility index (Phi) is 4.50. The summed E-state index contributed by atoms with van der Waals surface area (Å²) in [6.45, 7) is 4.56. The van der Waals surface area contributed by atoms with Crippen molar-refractivity contribution < 1.29 is 13.2 Å². The van der Waals surface area contributed by atoms with Gasteiger partial charge in [-0.2, -0.15) is 0 Å². The summed E-state index contributed by atoms with van der Waals surface area (Å²) in [5.41, 5.74) is 0. The predicted octanol–water partition coefficient (Wildman–Crippen LogP) is 1.60. The van der Waals surface area contributed by atoms with E-state index in [1.807, 2.05) is 0 Å². The van der Waals surface area contributed by atoms with Gasteiger partial charge in [-0.3, -0.25) is 0 Å². The van der Waals surface area contributed by atoms with Gasteiger partial charge in [-0.1, -0.05) is 22.9 Å². The Morgan fingerprint density at radius 1 is 1.24 bits per heavy atom. The fraction of sp³-hybridized carbons (Fsp3) is 1.00. The van der Waals surface area contributed by atoms with Crippen molar-refractivity contribution in [3.8, 4) is 0 Å². The number of hydrogen-bond donors (Lipinski definition) is 0. The van der Waals surface area contributed by atoms with Gasteiger partial charge in [0.05, 0.1) is 5.25 Å². The SMILES string of the molecule is CC1CN(S(=O)(=O)C2CCOCC2)CCC1Br. The predicted molar refractivity (Wildman–Crippen MR) is 70.8 cm³/mol. The summed E-state index contributed by atoms with van der Waals surface area (Å²) in [6, 6.07) is 0. The molecular weight excluding hydrogens is 306 g/mol. The van der Waals surface area contributed by atoms with Gasteiger partial charge in [-0.25, -0.2) is 12.7 Å². The van der Waals surface area contributed by atoms with Crippen molar-refractivity contribution in [3.05, 3.63) is 0 Å². The van der Waals surface area contributed by atoms with E-state index in [0.29, 0.717) is 49.9 Å². The van der Waals surface area contributed by atoms with Crippen LogP contribution in [0.2, 0.25) is 0 Å². The van der Waals surface area contributed by atoms with E-state index in [2.05, 4.69) is 22.9 Å². The number of nitrogens with zero attached hydrogens (tertiary/aromatic N) is 1. The number of halogens is 1. The second kappa shape index (κ2) is 5.55. The highest BCUT2D eigenvalue weighted by Gasteiger charge is 2.37. The molecule has 2 heterocycles. The summed E-state index contributed by atoms with van der Waals surface area (Å²) in [5, 5.41) is -0.227. The zero-order valence-electron chi connectivity index (χ0n) is 10.1. The van der Waals surface area contributed by atoms with Crippen molar-refractivity contribution >= 4 is 26.0 Å². The molecule has 17 heavy (non-hydrogen) atoms. The topological polar surface area (TPSA) is 46.6 Å². The van der Waals surface area contributed by atoms with Gasteiger partial charge >= 0.3 is 0 Å². The molecule has 6 heteroatoms. The molecule has 0 aromatic rings. The number of alkyl halides is 1. The van der Waals surface area contributed by atoms with Crippen LogP contribution in [0.5, 0.6) is 0 Å². The highest BCUT2D eigenvalue weighted by Crippen LogP contribution is 2.28. The van der Waals surface area contributed by atoms with Crippen LogP contribution in [-0.2, 0) is 14.8 Å². The molecule has 2 atom stereocenters. The summed E-state index contributed by atoms with van der Waals surface area (Å²) in [6.07, 6.45) is 2.19. The normalized spacial score (nSPS) is 33.8. The van der Waals surface area contributed by atoms with Crippen LogP contribution in [0.4, 0.5) is 0 Å². The smallest absolute Gasteiger partial charge is 0.217 e. The fourth-order valence-corrected chi connectivity index (χ4v) is 4.88. The van der Waals surface area contributed by atoms with E-state index in [0.717, 1.165) is 6.42 Å². The Labute approximate surface area is 112 Å². The summed E-state index contributed by atoms with van der Waals surface area (Å²) < 4.78 is 31.8. The molecule has 0 aromatic carbocycles. The first kappa shape index (κ1) is 13.8. The van der Waals surface area contributed by atoms with Crippen LogP contribution in [0.1, 0.15) is 26.2 Å². The Bertz CT molecular complexity index is 354. The Morgan fingerprint density at radius 3 is 2.47 bits per heavy atom. The molecule has 2 rings (SSSR count). The van der Waals surface area contributed by atoms with Gasteiger partial charge in [0.25, 0.3) is 0 Å². The van der Waals surface area contributed by atoms with Crippen molar-refractivity contribution in [2.45, 2.75) is 36.3 Å². The fourth-order valence-electron chi connectivity index (χ4n) is 2.49. The van der Waals surface area contributed by atoms with E-state index in [1.54, 1.807) is 4.31 Å². The van der Waals surface area contributed by atoms with E-state index >= 15 is 0 Å². The Hall–Kier alpha value is 0.350. The van der Waals surface area contributed by atoms with Crippen LogP contribution < -0.4 is 0 Å². The van der Waals surface area contributed by atoms with E-state index in [4.69, 9.17) is 4.74 Å². The quantitative estimate of drug-likeness (QED) is 0.724. The molecule has 2 saturated heterocycles. The number of rotatable bonds is 2. The molecule has 4 nitrogen and oxygen atoms in total. The molecule has 0 aliphatic carbocycles. The average molecular weight is 326 g/mol. The molecule has 0 amide bonds. The highest BCUT2D eigenvalue weighted by molar-refractivity contribution is 9.09. The minimum atomic E-state index is -3.11. The molecule has 0 spiro atoms. The zero-order chi connectivity index (χ0) is 12.5. The largest absolute Gasteiger partial charge is 0.381 e. The first-order valence-corrected chi connectivity index (χ1v) is 8.64. The van der Waals surface area contributed by atoms with Crippen LogP contribution >= 0.6 is 15.9 Å². The maximum absolute atomic E-state index is 12.4. The lowest BCUT2D eigenvalue weighted by molar-refractivity contribution is 0.0968. The minimum Gasteiger partial charge on any atom is -0.381 e. The number of sulfonamides is 1. The van der Waals surface area contributed by atoms with Gasteiger partial charge in [-0.05, 0) is 25.2 Å². The first-order valence-electron chi connectivity index (χ1n) is 6.22. The number of hydrogen-bond acceptors (Lipinski definition) is 3. The molecule has 0 radical (unpaired) electrons. The van der Waals surface area contributed by atoms with E-state index in [-0.39, 0.29) is 5.25 Å². The molecule has 2 unspecified atom stereocenters. The lowest BCUT2D eigenvalue weighted by Gasteiger charge is -2.36. The third-order valence-corrected chi connectivity index (χ3v) is 7.44.